The average molecular weight is 428 g/mol. The molecule has 3 aromatic heterocycles. The van der Waals surface area contributed by atoms with Crippen LogP contribution >= 0.6 is 0 Å². The molecule has 160 valence electrons. The zero-order valence-electron chi connectivity index (χ0n) is 17.5. The van der Waals surface area contributed by atoms with Crippen molar-refractivity contribution < 1.29 is 9.18 Å². The van der Waals surface area contributed by atoms with Gasteiger partial charge in [-0.15, -0.1) is 0 Å². The third kappa shape index (κ3) is 3.82. The van der Waals surface area contributed by atoms with Crippen molar-refractivity contribution in [2.24, 2.45) is 0 Å². The monoisotopic (exact) mass is 428 g/mol. The summed E-state index contributed by atoms with van der Waals surface area (Å²) in [6.07, 6.45) is 5.16. The first-order valence-electron chi connectivity index (χ1n) is 10.3. The fraction of sp³-hybridized carbons (Fsp3) is 0.167. The third-order valence-corrected chi connectivity index (χ3v) is 5.54. The Labute approximate surface area is 184 Å². The van der Waals surface area contributed by atoms with Gasteiger partial charge >= 0.3 is 0 Å². The molecule has 1 amide bonds. The molecule has 32 heavy (non-hydrogen) atoms. The predicted molar refractivity (Wildman–Crippen MR) is 119 cm³/mol. The Kier molecular flexibility index (Phi) is 5.10. The molecule has 5 rings (SSSR count). The summed E-state index contributed by atoms with van der Waals surface area (Å²) in [5, 5.41) is 8.13. The van der Waals surface area contributed by atoms with Crippen LogP contribution in [0.1, 0.15) is 12.6 Å². The van der Waals surface area contributed by atoms with Crippen LogP contribution < -0.4 is 5.32 Å². The van der Waals surface area contributed by atoms with Gasteiger partial charge in [0.1, 0.15) is 17.3 Å². The second kappa shape index (κ2) is 8.22. The van der Waals surface area contributed by atoms with E-state index in [-0.39, 0.29) is 11.7 Å². The topological polar surface area (TPSA) is 75.9 Å². The van der Waals surface area contributed by atoms with E-state index >= 15 is 0 Å². The number of fused-ring (bicyclic) bond motifs is 1. The highest BCUT2D eigenvalue weighted by molar-refractivity contribution is 5.84. The molecule has 4 aromatic rings. The van der Waals surface area contributed by atoms with Gasteiger partial charge in [-0.2, -0.15) is 5.10 Å². The molecular formula is C24H21FN6O. The quantitative estimate of drug-likeness (QED) is 0.526. The Morgan fingerprint density at radius 1 is 1.00 bits per heavy atom. The van der Waals surface area contributed by atoms with Crippen LogP contribution in [0.4, 0.5) is 15.9 Å². The molecule has 4 heterocycles. The Morgan fingerprint density at radius 3 is 2.53 bits per heavy atom. The van der Waals surface area contributed by atoms with E-state index in [1.165, 1.54) is 12.1 Å². The first-order chi connectivity index (χ1) is 15.6. The number of nitrogens with zero attached hydrogens (tertiary/aromatic N) is 5. The standard InChI is InChI=1S/C24H21FN6O/c1-16(32)30-12-13-31-21(15-30)23(24(29-31)17-2-4-19(25)5-3-17)18-6-11-27-22(14-18)28-20-7-9-26-10-8-20/h2-11,14H,12-13,15H2,1H3,(H,26,27,28). The number of carbonyl (C=O) groups is 1. The minimum absolute atomic E-state index is 0.0292. The molecule has 7 nitrogen and oxygen atoms in total. The number of carbonyl (C=O) groups excluding carboxylic acids is 1. The van der Waals surface area contributed by atoms with Gasteiger partial charge in [-0.1, -0.05) is 0 Å². The SMILES string of the molecule is CC(=O)N1CCn2nc(-c3ccc(F)cc3)c(-c3ccnc(Nc4ccncc4)c3)c2C1. The number of aromatic nitrogens is 4. The van der Waals surface area contributed by atoms with Gasteiger partial charge in [0.15, 0.2) is 0 Å². The predicted octanol–water partition coefficient (Wildman–Crippen LogP) is 4.25. The van der Waals surface area contributed by atoms with Gasteiger partial charge < -0.3 is 10.2 Å². The summed E-state index contributed by atoms with van der Waals surface area (Å²) in [5.41, 5.74) is 5.24. The number of pyridine rings is 2. The van der Waals surface area contributed by atoms with Crippen LogP contribution in [-0.2, 0) is 17.9 Å². The van der Waals surface area contributed by atoms with Crippen LogP contribution in [0.5, 0.6) is 0 Å². The molecule has 0 aliphatic carbocycles. The Morgan fingerprint density at radius 2 is 1.78 bits per heavy atom. The zero-order valence-corrected chi connectivity index (χ0v) is 17.5. The molecule has 1 aliphatic rings. The van der Waals surface area contributed by atoms with Crippen molar-refractivity contribution in [3.63, 3.8) is 0 Å². The Hall–Kier alpha value is -4.07. The lowest BCUT2D eigenvalue weighted by atomic mass is 9.98. The number of anilines is 2. The highest BCUT2D eigenvalue weighted by atomic mass is 19.1. The van der Waals surface area contributed by atoms with Crippen LogP contribution in [0, 0.1) is 5.82 Å². The molecule has 0 fully saturated rings. The molecule has 0 atom stereocenters. The molecule has 0 bridgehead atoms. The van der Waals surface area contributed by atoms with Crippen molar-refractivity contribution in [1.29, 1.82) is 0 Å². The van der Waals surface area contributed by atoms with Crippen molar-refractivity contribution in [2.75, 3.05) is 11.9 Å². The van der Waals surface area contributed by atoms with Crippen LogP contribution in [0.3, 0.4) is 0 Å². The van der Waals surface area contributed by atoms with E-state index in [0.717, 1.165) is 33.8 Å². The summed E-state index contributed by atoms with van der Waals surface area (Å²) in [6.45, 7) is 3.26. The molecular weight excluding hydrogens is 407 g/mol. The summed E-state index contributed by atoms with van der Waals surface area (Å²) in [4.78, 5) is 22.3. The van der Waals surface area contributed by atoms with E-state index < -0.39 is 0 Å². The third-order valence-electron chi connectivity index (χ3n) is 5.54. The van der Waals surface area contributed by atoms with E-state index in [2.05, 4.69) is 15.3 Å². The van der Waals surface area contributed by atoms with Gasteiger partial charge in [-0.25, -0.2) is 9.37 Å². The lowest BCUT2D eigenvalue weighted by molar-refractivity contribution is -0.130. The summed E-state index contributed by atoms with van der Waals surface area (Å²) in [5.74, 6) is 0.411. The lowest BCUT2D eigenvalue weighted by Gasteiger charge is -2.27. The van der Waals surface area contributed by atoms with Gasteiger partial charge in [0.05, 0.1) is 18.8 Å². The van der Waals surface area contributed by atoms with E-state index in [4.69, 9.17) is 5.10 Å². The van der Waals surface area contributed by atoms with E-state index in [0.29, 0.717) is 25.5 Å². The molecule has 0 saturated heterocycles. The van der Waals surface area contributed by atoms with Gasteiger partial charge in [-0.3, -0.25) is 14.5 Å². The highest BCUT2D eigenvalue weighted by Crippen LogP contribution is 2.37. The Balaban J connectivity index is 1.62. The van der Waals surface area contributed by atoms with Crippen molar-refractivity contribution >= 4 is 17.4 Å². The molecule has 0 unspecified atom stereocenters. The van der Waals surface area contributed by atoms with Crippen molar-refractivity contribution in [3.8, 4) is 22.4 Å². The fourth-order valence-corrected chi connectivity index (χ4v) is 3.94. The van der Waals surface area contributed by atoms with E-state index in [1.54, 1.807) is 37.6 Å². The summed E-state index contributed by atoms with van der Waals surface area (Å²) in [6, 6.07) is 13.9. The van der Waals surface area contributed by atoms with Crippen molar-refractivity contribution in [2.45, 2.75) is 20.0 Å². The van der Waals surface area contributed by atoms with Crippen LogP contribution in [0.2, 0.25) is 0 Å². The van der Waals surface area contributed by atoms with Gasteiger partial charge in [-0.05, 0) is 54.1 Å². The maximum atomic E-state index is 13.6. The molecule has 1 N–H and O–H groups in total. The molecule has 0 spiro atoms. The van der Waals surface area contributed by atoms with Crippen molar-refractivity contribution in [3.05, 3.63) is 78.6 Å². The first-order valence-corrected chi connectivity index (χ1v) is 10.3. The number of halogens is 1. The number of amides is 1. The zero-order chi connectivity index (χ0) is 22.1. The van der Waals surface area contributed by atoms with Crippen LogP contribution in [0.15, 0.2) is 67.1 Å². The highest BCUT2D eigenvalue weighted by Gasteiger charge is 2.27. The van der Waals surface area contributed by atoms with E-state index in [9.17, 15) is 9.18 Å². The van der Waals surface area contributed by atoms with Crippen LogP contribution in [0.25, 0.3) is 22.4 Å². The largest absolute Gasteiger partial charge is 0.340 e. The smallest absolute Gasteiger partial charge is 0.219 e. The maximum Gasteiger partial charge on any atom is 0.219 e. The maximum absolute atomic E-state index is 13.6. The number of nitrogens with one attached hydrogen (secondary N) is 1. The summed E-state index contributed by atoms with van der Waals surface area (Å²) < 4.78 is 15.5. The minimum Gasteiger partial charge on any atom is -0.340 e. The van der Waals surface area contributed by atoms with Gasteiger partial charge in [0.2, 0.25) is 5.91 Å². The molecule has 0 radical (unpaired) electrons. The minimum atomic E-state index is -0.297. The average Bonchev–Trinajstić information content (AvgIpc) is 3.19. The second-order valence-electron chi connectivity index (χ2n) is 7.63. The number of hydrogen-bond acceptors (Lipinski definition) is 5. The van der Waals surface area contributed by atoms with Crippen molar-refractivity contribution in [1.82, 2.24) is 24.6 Å². The van der Waals surface area contributed by atoms with Gasteiger partial charge in [0.25, 0.3) is 0 Å². The first kappa shape index (κ1) is 19.9. The normalized spacial score (nSPS) is 13.0. The number of hydrogen-bond donors (Lipinski definition) is 1. The summed E-state index contributed by atoms with van der Waals surface area (Å²) in [7, 11) is 0. The summed E-state index contributed by atoms with van der Waals surface area (Å²) >= 11 is 0. The lowest BCUT2D eigenvalue weighted by Crippen LogP contribution is -2.37. The molecule has 1 aromatic carbocycles. The number of benzene rings is 1. The van der Waals surface area contributed by atoms with Gasteiger partial charge in [0, 0.05) is 48.9 Å². The molecule has 8 heteroatoms. The van der Waals surface area contributed by atoms with Crippen LogP contribution in [-0.4, -0.2) is 37.1 Å². The second-order valence-corrected chi connectivity index (χ2v) is 7.63. The Bertz CT molecular complexity index is 1270. The molecule has 1 aliphatic heterocycles. The molecule has 0 saturated carbocycles. The fourth-order valence-electron chi connectivity index (χ4n) is 3.94. The van der Waals surface area contributed by atoms with E-state index in [1.807, 2.05) is 33.8 Å². The number of rotatable bonds is 4.